The Labute approximate surface area is 123 Å². The molecule has 0 amide bonds. The molecule has 110 valence electrons. The maximum Gasteiger partial charge on any atom is 0.338 e. The van der Waals surface area contributed by atoms with Crippen molar-refractivity contribution in [1.29, 1.82) is 0 Å². The predicted octanol–water partition coefficient (Wildman–Crippen LogP) is 3.74. The summed E-state index contributed by atoms with van der Waals surface area (Å²) in [5.74, 6) is -1.03. The Morgan fingerprint density at radius 3 is 2.48 bits per heavy atom. The van der Waals surface area contributed by atoms with E-state index in [9.17, 15) is 9.18 Å². The van der Waals surface area contributed by atoms with Gasteiger partial charge >= 0.3 is 5.97 Å². The molecular formula is C17H17FO3. The average Bonchev–Trinajstić information content (AvgIpc) is 2.49. The van der Waals surface area contributed by atoms with Gasteiger partial charge in [0.1, 0.15) is 11.9 Å². The van der Waals surface area contributed by atoms with Gasteiger partial charge < -0.3 is 9.47 Å². The minimum absolute atomic E-state index is 0.185. The lowest BCUT2D eigenvalue weighted by molar-refractivity contribution is 0.0525. The summed E-state index contributed by atoms with van der Waals surface area (Å²) in [5.41, 5.74) is 1.65. The van der Waals surface area contributed by atoms with Gasteiger partial charge in [-0.1, -0.05) is 30.3 Å². The summed E-state index contributed by atoms with van der Waals surface area (Å²) in [4.78, 5) is 11.8. The molecule has 0 heterocycles. The minimum Gasteiger partial charge on any atom is -0.462 e. The molecule has 0 aliphatic carbocycles. The van der Waals surface area contributed by atoms with Crippen LogP contribution in [0.2, 0.25) is 0 Å². The lowest BCUT2D eigenvalue weighted by atomic mass is 9.99. The Kier molecular flexibility index (Phi) is 5.06. The fourth-order valence-corrected chi connectivity index (χ4v) is 2.19. The second-order valence-corrected chi connectivity index (χ2v) is 4.52. The Morgan fingerprint density at radius 1 is 1.14 bits per heavy atom. The largest absolute Gasteiger partial charge is 0.462 e. The summed E-state index contributed by atoms with van der Waals surface area (Å²) in [7, 11) is 1.55. The summed E-state index contributed by atoms with van der Waals surface area (Å²) in [6, 6.07) is 13.6. The van der Waals surface area contributed by atoms with Crippen LogP contribution in [0.3, 0.4) is 0 Å². The van der Waals surface area contributed by atoms with E-state index >= 15 is 0 Å². The van der Waals surface area contributed by atoms with Crippen LogP contribution in [0.1, 0.15) is 34.5 Å². The predicted molar refractivity (Wildman–Crippen MR) is 77.7 cm³/mol. The second-order valence-electron chi connectivity index (χ2n) is 4.52. The SMILES string of the molecule is CCOC(=O)c1cc(F)cc(C(OC)c2ccccc2)c1. The highest BCUT2D eigenvalue weighted by atomic mass is 19.1. The second kappa shape index (κ2) is 6.99. The van der Waals surface area contributed by atoms with Gasteiger partial charge in [-0.25, -0.2) is 9.18 Å². The van der Waals surface area contributed by atoms with E-state index in [-0.39, 0.29) is 12.2 Å². The van der Waals surface area contributed by atoms with E-state index in [1.807, 2.05) is 30.3 Å². The van der Waals surface area contributed by atoms with Gasteiger partial charge in [0.05, 0.1) is 12.2 Å². The van der Waals surface area contributed by atoms with E-state index in [0.29, 0.717) is 5.56 Å². The van der Waals surface area contributed by atoms with Crippen molar-refractivity contribution in [3.05, 3.63) is 71.0 Å². The zero-order valence-electron chi connectivity index (χ0n) is 12.0. The number of esters is 1. The fraction of sp³-hybridized carbons (Fsp3) is 0.235. The number of carbonyl (C=O) groups is 1. The van der Waals surface area contributed by atoms with Crippen molar-refractivity contribution in [2.45, 2.75) is 13.0 Å². The average molecular weight is 288 g/mol. The molecular weight excluding hydrogens is 271 g/mol. The van der Waals surface area contributed by atoms with E-state index < -0.39 is 17.9 Å². The number of rotatable bonds is 5. The van der Waals surface area contributed by atoms with Gasteiger partial charge in [-0.2, -0.15) is 0 Å². The number of methoxy groups -OCH3 is 1. The van der Waals surface area contributed by atoms with Crippen LogP contribution < -0.4 is 0 Å². The normalized spacial score (nSPS) is 12.0. The van der Waals surface area contributed by atoms with Crippen molar-refractivity contribution in [3.8, 4) is 0 Å². The maximum atomic E-state index is 13.8. The zero-order chi connectivity index (χ0) is 15.2. The van der Waals surface area contributed by atoms with Gasteiger partial charge in [-0.3, -0.25) is 0 Å². The Morgan fingerprint density at radius 2 is 1.86 bits per heavy atom. The highest BCUT2D eigenvalue weighted by molar-refractivity contribution is 5.89. The van der Waals surface area contributed by atoms with Crippen LogP contribution in [0, 0.1) is 5.82 Å². The number of hydrogen-bond acceptors (Lipinski definition) is 3. The number of hydrogen-bond donors (Lipinski definition) is 0. The van der Waals surface area contributed by atoms with Gasteiger partial charge in [0.15, 0.2) is 0 Å². The lowest BCUT2D eigenvalue weighted by Crippen LogP contribution is -2.09. The number of ether oxygens (including phenoxy) is 2. The van der Waals surface area contributed by atoms with Crippen LogP contribution in [0.5, 0.6) is 0 Å². The molecule has 1 atom stereocenters. The first-order valence-corrected chi connectivity index (χ1v) is 6.71. The van der Waals surface area contributed by atoms with Gasteiger partial charge in [-0.15, -0.1) is 0 Å². The highest BCUT2D eigenvalue weighted by Crippen LogP contribution is 2.27. The molecule has 2 rings (SSSR count). The molecule has 0 aliphatic rings. The number of benzene rings is 2. The summed E-state index contributed by atoms with van der Waals surface area (Å²) >= 11 is 0. The molecule has 3 nitrogen and oxygen atoms in total. The topological polar surface area (TPSA) is 35.5 Å². The van der Waals surface area contributed by atoms with Gasteiger partial charge in [0.25, 0.3) is 0 Å². The van der Waals surface area contributed by atoms with Gasteiger partial charge in [0.2, 0.25) is 0 Å². The molecule has 0 bridgehead atoms. The standard InChI is InChI=1S/C17H17FO3/c1-3-21-17(19)14-9-13(10-15(18)11-14)16(20-2)12-7-5-4-6-8-12/h4-11,16H,3H2,1-2H3. The molecule has 4 heteroatoms. The zero-order valence-corrected chi connectivity index (χ0v) is 12.0. The molecule has 0 saturated heterocycles. The first-order chi connectivity index (χ1) is 10.2. The molecule has 0 spiro atoms. The molecule has 0 aromatic heterocycles. The van der Waals surface area contributed by atoms with Crippen LogP contribution in [-0.2, 0) is 9.47 Å². The van der Waals surface area contributed by atoms with Crippen molar-refractivity contribution in [3.63, 3.8) is 0 Å². The molecule has 0 saturated carbocycles. The molecule has 0 N–H and O–H groups in total. The lowest BCUT2D eigenvalue weighted by Gasteiger charge is -2.17. The van der Waals surface area contributed by atoms with Crippen molar-refractivity contribution in [2.24, 2.45) is 0 Å². The third kappa shape index (κ3) is 3.67. The van der Waals surface area contributed by atoms with Crippen molar-refractivity contribution >= 4 is 5.97 Å². The Bertz CT molecular complexity index is 611. The summed E-state index contributed by atoms with van der Waals surface area (Å²) in [5, 5.41) is 0. The fourth-order valence-electron chi connectivity index (χ4n) is 2.19. The van der Waals surface area contributed by atoms with Crippen molar-refractivity contribution in [2.75, 3.05) is 13.7 Å². The van der Waals surface area contributed by atoms with Crippen LogP contribution in [0.15, 0.2) is 48.5 Å². The number of halogens is 1. The third-order valence-electron chi connectivity index (χ3n) is 3.07. The molecule has 1 unspecified atom stereocenters. The third-order valence-corrected chi connectivity index (χ3v) is 3.07. The van der Waals surface area contributed by atoms with Crippen molar-refractivity contribution in [1.82, 2.24) is 0 Å². The Hall–Kier alpha value is -2.20. The molecule has 0 fully saturated rings. The quantitative estimate of drug-likeness (QED) is 0.786. The molecule has 0 radical (unpaired) electrons. The molecule has 2 aromatic carbocycles. The van der Waals surface area contributed by atoms with Crippen LogP contribution in [0.4, 0.5) is 4.39 Å². The first kappa shape index (κ1) is 15.2. The van der Waals surface area contributed by atoms with Crippen LogP contribution in [0.25, 0.3) is 0 Å². The van der Waals surface area contributed by atoms with E-state index in [2.05, 4.69) is 0 Å². The summed E-state index contributed by atoms with van der Waals surface area (Å²) in [6.45, 7) is 1.96. The highest BCUT2D eigenvalue weighted by Gasteiger charge is 2.17. The summed E-state index contributed by atoms with van der Waals surface area (Å²) < 4.78 is 24.1. The van der Waals surface area contributed by atoms with Gasteiger partial charge in [0, 0.05) is 7.11 Å². The van der Waals surface area contributed by atoms with Crippen molar-refractivity contribution < 1.29 is 18.7 Å². The Balaban J connectivity index is 2.40. The van der Waals surface area contributed by atoms with Crippen LogP contribution in [-0.4, -0.2) is 19.7 Å². The monoisotopic (exact) mass is 288 g/mol. The minimum atomic E-state index is -0.541. The molecule has 21 heavy (non-hydrogen) atoms. The van der Waals surface area contributed by atoms with E-state index in [1.54, 1.807) is 20.1 Å². The van der Waals surface area contributed by atoms with Crippen LogP contribution >= 0.6 is 0 Å². The van der Waals surface area contributed by atoms with E-state index in [1.165, 1.54) is 12.1 Å². The van der Waals surface area contributed by atoms with E-state index in [0.717, 1.165) is 5.56 Å². The smallest absolute Gasteiger partial charge is 0.338 e. The number of carbonyl (C=O) groups excluding carboxylic acids is 1. The van der Waals surface area contributed by atoms with Gasteiger partial charge in [-0.05, 0) is 36.2 Å². The van der Waals surface area contributed by atoms with E-state index in [4.69, 9.17) is 9.47 Å². The first-order valence-electron chi connectivity index (χ1n) is 6.71. The summed E-state index contributed by atoms with van der Waals surface area (Å²) in [6.07, 6.45) is -0.435. The maximum absolute atomic E-state index is 13.8. The molecule has 0 aliphatic heterocycles. The molecule has 2 aromatic rings.